The predicted octanol–water partition coefficient (Wildman–Crippen LogP) is 2.90. The molecule has 0 aliphatic rings. The van der Waals surface area contributed by atoms with Crippen LogP contribution in [0.4, 0.5) is 5.82 Å². The van der Waals surface area contributed by atoms with Gasteiger partial charge >= 0.3 is 0 Å². The third-order valence-corrected chi connectivity index (χ3v) is 3.07. The van der Waals surface area contributed by atoms with Crippen LogP contribution in [0, 0.1) is 0 Å². The Morgan fingerprint density at radius 1 is 1.22 bits per heavy atom. The van der Waals surface area contributed by atoms with Gasteiger partial charge in [-0.1, -0.05) is 32.9 Å². The molecule has 0 unspecified atom stereocenters. The molecular formula is C15H21N3. The summed E-state index contributed by atoms with van der Waals surface area (Å²) in [6, 6.07) is 8.61. The van der Waals surface area contributed by atoms with Crippen LogP contribution in [0.25, 0.3) is 10.8 Å². The van der Waals surface area contributed by atoms with E-state index >= 15 is 0 Å². The van der Waals surface area contributed by atoms with Gasteiger partial charge in [-0.2, -0.15) is 0 Å². The molecule has 3 N–H and O–H groups in total. The zero-order valence-electron chi connectivity index (χ0n) is 11.3. The number of aromatic nitrogens is 1. The third kappa shape index (κ3) is 2.62. The molecule has 3 heteroatoms. The van der Waals surface area contributed by atoms with Crippen molar-refractivity contribution in [2.75, 3.05) is 18.4 Å². The number of rotatable bonds is 3. The maximum atomic E-state index is 5.53. The van der Waals surface area contributed by atoms with E-state index in [2.05, 4.69) is 49.3 Å². The van der Waals surface area contributed by atoms with Gasteiger partial charge < -0.3 is 11.1 Å². The fraction of sp³-hybridized carbons (Fsp3) is 0.400. The Morgan fingerprint density at radius 2 is 2.00 bits per heavy atom. The summed E-state index contributed by atoms with van der Waals surface area (Å²) in [7, 11) is 0. The highest BCUT2D eigenvalue weighted by Crippen LogP contribution is 2.28. The fourth-order valence-electron chi connectivity index (χ4n) is 1.97. The molecule has 18 heavy (non-hydrogen) atoms. The second-order valence-corrected chi connectivity index (χ2v) is 5.56. The molecule has 96 valence electrons. The number of hydrogen-bond donors (Lipinski definition) is 2. The Labute approximate surface area is 108 Å². The summed E-state index contributed by atoms with van der Waals surface area (Å²) in [6.07, 6.45) is 1.83. The molecule has 0 aliphatic carbocycles. The van der Waals surface area contributed by atoms with Gasteiger partial charge in [0, 0.05) is 24.7 Å². The first-order valence-corrected chi connectivity index (χ1v) is 6.35. The van der Waals surface area contributed by atoms with Crippen LogP contribution in [0.5, 0.6) is 0 Å². The molecule has 0 bridgehead atoms. The van der Waals surface area contributed by atoms with Gasteiger partial charge in [-0.3, -0.25) is 0 Å². The van der Waals surface area contributed by atoms with Crippen molar-refractivity contribution < 1.29 is 0 Å². The summed E-state index contributed by atoms with van der Waals surface area (Å²) in [6.45, 7) is 8.01. The lowest BCUT2D eigenvalue weighted by molar-refractivity contribution is 0.591. The van der Waals surface area contributed by atoms with Crippen molar-refractivity contribution in [3.63, 3.8) is 0 Å². The Balaban J connectivity index is 2.51. The van der Waals surface area contributed by atoms with Crippen LogP contribution < -0.4 is 11.1 Å². The number of hydrogen-bond acceptors (Lipinski definition) is 3. The molecule has 0 radical (unpaired) electrons. The highest BCUT2D eigenvalue weighted by molar-refractivity contribution is 5.92. The smallest absolute Gasteiger partial charge is 0.133 e. The number of anilines is 1. The molecule has 1 aromatic carbocycles. The number of nitrogens with zero attached hydrogens (tertiary/aromatic N) is 1. The second-order valence-electron chi connectivity index (χ2n) is 5.56. The van der Waals surface area contributed by atoms with Gasteiger partial charge in [-0.15, -0.1) is 0 Å². The van der Waals surface area contributed by atoms with E-state index in [0.29, 0.717) is 6.54 Å². The van der Waals surface area contributed by atoms with Crippen LogP contribution in [0.15, 0.2) is 30.5 Å². The summed E-state index contributed by atoms with van der Waals surface area (Å²) in [5.41, 5.74) is 7.00. The monoisotopic (exact) mass is 243 g/mol. The van der Waals surface area contributed by atoms with Crippen molar-refractivity contribution in [1.29, 1.82) is 0 Å². The molecule has 1 aromatic heterocycles. The molecule has 0 amide bonds. The van der Waals surface area contributed by atoms with Gasteiger partial charge in [-0.05, 0) is 28.5 Å². The average Bonchev–Trinajstić information content (AvgIpc) is 2.34. The first-order valence-electron chi connectivity index (χ1n) is 6.35. The predicted molar refractivity (Wildman–Crippen MR) is 78.0 cm³/mol. The number of benzene rings is 1. The van der Waals surface area contributed by atoms with Crippen molar-refractivity contribution in [1.82, 2.24) is 4.98 Å². The number of nitrogens with one attached hydrogen (secondary N) is 1. The lowest BCUT2D eigenvalue weighted by Crippen LogP contribution is -2.14. The zero-order chi connectivity index (χ0) is 13.2. The van der Waals surface area contributed by atoms with Crippen LogP contribution in [0.1, 0.15) is 26.3 Å². The summed E-state index contributed by atoms with van der Waals surface area (Å²) < 4.78 is 0. The summed E-state index contributed by atoms with van der Waals surface area (Å²) in [5.74, 6) is 0.920. The van der Waals surface area contributed by atoms with Crippen molar-refractivity contribution >= 4 is 16.6 Å². The molecule has 2 rings (SSSR count). The molecule has 0 saturated carbocycles. The van der Waals surface area contributed by atoms with Crippen molar-refractivity contribution in [3.8, 4) is 0 Å². The van der Waals surface area contributed by atoms with Crippen LogP contribution >= 0.6 is 0 Å². The topological polar surface area (TPSA) is 50.9 Å². The third-order valence-electron chi connectivity index (χ3n) is 3.07. The highest BCUT2D eigenvalue weighted by Gasteiger charge is 2.14. The lowest BCUT2D eigenvalue weighted by Gasteiger charge is -2.20. The number of fused-ring (bicyclic) bond motifs is 1. The Hall–Kier alpha value is -1.61. The molecule has 2 aromatic rings. The van der Waals surface area contributed by atoms with Gasteiger partial charge in [-0.25, -0.2) is 4.98 Å². The van der Waals surface area contributed by atoms with Crippen LogP contribution in [-0.4, -0.2) is 18.1 Å². The van der Waals surface area contributed by atoms with E-state index in [9.17, 15) is 0 Å². The summed E-state index contributed by atoms with van der Waals surface area (Å²) in [5, 5.41) is 5.65. The SMILES string of the molecule is CC(C)(C)c1ccc2ccnc(NCCN)c2c1. The first-order chi connectivity index (χ1) is 8.52. The molecule has 0 spiro atoms. The van der Waals surface area contributed by atoms with Crippen molar-refractivity contribution in [2.24, 2.45) is 5.73 Å². The maximum Gasteiger partial charge on any atom is 0.133 e. The minimum absolute atomic E-state index is 0.148. The van der Waals surface area contributed by atoms with Crippen LogP contribution in [0.3, 0.4) is 0 Å². The van der Waals surface area contributed by atoms with Gasteiger partial charge in [0.2, 0.25) is 0 Å². The Morgan fingerprint density at radius 3 is 2.67 bits per heavy atom. The van der Waals surface area contributed by atoms with Gasteiger partial charge in [0.25, 0.3) is 0 Å². The lowest BCUT2D eigenvalue weighted by atomic mass is 9.86. The molecule has 0 saturated heterocycles. The summed E-state index contributed by atoms with van der Waals surface area (Å²) >= 11 is 0. The minimum Gasteiger partial charge on any atom is -0.368 e. The standard InChI is InChI=1S/C15H21N3/c1-15(2,3)12-5-4-11-6-8-17-14(13(11)10-12)18-9-7-16/h4-6,8,10H,7,9,16H2,1-3H3,(H,17,18). The quantitative estimate of drug-likeness (QED) is 0.871. The van der Waals surface area contributed by atoms with E-state index in [-0.39, 0.29) is 5.41 Å². The van der Waals surface area contributed by atoms with Crippen molar-refractivity contribution in [2.45, 2.75) is 26.2 Å². The Kier molecular flexibility index (Phi) is 3.53. The Bertz CT molecular complexity index is 541. The normalized spacial score (nSPS) is 11.8. The van der Waals surface area contributed by atoms with E-state index in [1.807, 2.05) is 12.3 Å². The van der Waals surface area contributed by atoms with Gasteiger partial charge in [0.1, 0.15) is 5.82 Å². The molecule has 0 atom stereocenters. The number of pyridine rings is 1. The van der Waals surface area contributed by atoms with Gasteiger partial charge in [0.05, 0.1) is 0 Å². The minimum atomic E-state index is 0.148. The number of nitrogens with two attached hydrogens (primary N) is 1. The van der Waals surface area contributed by atoms with E-state index < -0.39 is 0 Å². The van der Waals surface area contributed by atoms with E-state index in [1.165, 1.54) is 16.3 Å². The molecular weight excluding hydrogens is 222 g/mol. The van der Waals surface area contributed by atoms with E-state index in [0.717, 1.165) is 12.4 Å². The average molecular weight is 243 g/mol. The first kappa shape index (κ1) is 12.8. The van der Waals surface area contributed by atoms with E-state index in [1.54, 1.807) is 0 Å². The second kappa shape index (κ2) is 4.94. The van der Waals surface area contributed by atoms with Crippen molar-refractivity contribution in [3.05, 3.63) is 36.0 Å². The van der Waals surface area contributed by atoms with Crippen LogP contribution in [-0.2, 0) is 5.41 Å². The zero-order valence-corrected chi connectivity index (χ0v) is 11.3. The fourth-order valence-corrected chi connectivity index (χ4v) is 1.97. The maximum absolute atomic E-state index is 5.53. The molecule has 0 aliphatic heterocycles. The van der Waals surface area contributed by atoms with E-state index in [4.69, 9.17) is 5.73 Å². The van der Waals surface area contributed by atoms with Crippen LogP contribution in [0.2, 0.25) is 0 Å². The van der Waals surface area contributed by atoms with Gasteiger partial charge in [0.15, 0.2) is 0 Å². The molecule has 1 heterocycles. The molecule has 0 fully saturated rings. The molecule has 3 nitrogen and oxygen atoms in total. The summed E-state index contributed by atoms with van der Waals surface area (Å²) in [4.78, 5) is 4.40. The highest BCUT2D eigenvalue weighted by atomic mass is 15.0. The largest absolute Gasteiger partial charge is 0.368 e.